The predicted molar refractivity (Wildman–Crippen MR) is 73.9 cm³/mol. The van der Waals surface area contributed by atoms with E-state index >= 15 is 0 Å². The third kappa shape index (κ3) is 2.92. The van der Waals surface area contributed by atoms with Gasteiger partial charge in [-0.3, -0.25) is 0 Å². The second-order valence-electron chi connectivity index (χ2n) is 4.26. The zero-order valence-corrected chi connectivity index (χ0v) is 11.2. The lowest BCUT2D eigenvalue weighted by Gasteiger charge is -2.22. The van der Waals surface area contributed by atoms with Gasteiger partial charge < -0.3 is 24.3 Å². The van der Waals surface area contributed by atoms with Gasteiger partial charge >= 0.3 is 5.97 Å². The predicted octanol–water partition coefficient (Wildman–Crippen LogP) is 1.01. The third-order valence-electron chi connectivity index (χ3n) is 2.99. The fourth-order valence-electron chi connectivity index (χ4n) is 2.04. The van der Waals surface area contributed by atoms with Crippen LogP contribution in [-0.2, 0) is 4.74 Å². The Hall–Kier alpha value is -2.05. The van der Waals surface area contributed by atoms with Crippen LogP contribution in [0.1, 0.15) is 10.6 Å². The minimum absolute atomic E-state index is 0.00314. The summed E-state index contributed by atoms with van der Waals surface area (Å²) in [5.41, 5.74) is 1.43. The Morgan fingerprint density at radius 3 is 2.55 bits per heavy atom. The van der Waals surface area contributed by atoms with Crippen LogP contribution in [0, 0.1) is 0 Å². The number of carbonyl (C=O) groups excluding carboxylic acids is 1. The Bertz CT molecular complexity index is 586. The number of hydrogen-bond donors (Lipinski definition) is 2. The maximum absolute atomic E-state index is 11.4. The van der Waals surface area contributed by atoms with Gasteiger partial charge in [-0.2, -0.15) is 0 Å². The Morgan fingerprint density at radius 1 is 1.25 bits per heavy atom. The first-order chi connectivity index (χ1) is 9.69. The molecule has 0 saturated carbocycles. The lowest BCUT2D eigenvalue weighted by molar-refractivity contribution is 0.0567. The SMILES string of the molecule is COC(=O)c1cc2cc(N(CCO)CCO)ccc2o1. The number of carbonyl (C=O) groups is 1. The summed E-state index contributed by atoms with van der Waals surface area (Å²) in [6.07, 6.45) is 0. The highest BCUT2D eigenvalue weighted by Crippen LogP contribution is 2.25. The number of furan rings is 1. The maximum Gasteiger partial charge on any atom is 0.373 e. The van der Waals surface area contributed by atoms with Gasteiger partial charge in [0.15, 0.2) is 0 Å². The topological polar surface area (TPSA) is 83.1 Å². The zero-order valence-electron chi connectivity index (χ0n) is 11.2. The van der Waals surface area contributed by atoms with E-state index in [1.165, 1.54) is 7.11 Å². The van der Waals surface area contributed by atoms with Crippen LogP contribution in [-0.4, -0.2) is 49.6 Å². The zero-order chi connectivity index (χ0) is 14.5. The van der Waals surface area contributed by atoms with E-state index in [1.54, 1.807) is 12.1 Å². The maximum atomic E-state index is 11.4. The summed E-state index contributed by atoms with van der Waals surface area (Å²) in [4.78, 5) is 13.3. The molecule has 0 aliphatic rings. The number of aliphatic hydroxyl groups is 2. The van der Waals surface area contributed by atoms with Gasteiger partial charge in [0.05, 0.1) is 20.3 Å². The van der Waals surface area contributed by atoms with Gasteiger partial charge in [0.2, 0.25) is 5.76 Å². The average molecular weight is 279 g/mol. The number of esters is 1. The van der Waals surface area contributed by atoms with Crippen molar-refractivity contribution in [3.8, 4) is 0 Å². The molecule has 0 saturated heterocycles. The normalized spacial score (nSPS) is 10.8. The molecule has 2 N–H and O–H groups in total. The molecule has 0 bridgehead atoms. The standard InChI is InChI=1S/C14H17NO5/c1-19-14(18)13-9-10-8-11(2-3-12(10)20-13)15(4-6-16)5-7-17/h2-3,8-9,16-17H,4-7H2,1H3. The molecule has 20 heavy (non-hydrogen) atoms. The molecule has 6 nitrogen and oxygen atoms in total. The number of ether oxygens (including phenoxy) is 1. The summed E-state index contributed by atoms with van der Waals surface area (Å²) < 4.78 is 9.99. The highest BCUT2D eigenvalue weighted by atomic mass is 16.5. The number of benzene rings is 1. The minimum atomic E-state index is -0.523. The van der Waals surface area contributed by atoms with Crippen molar-refractivity contribution in [1.29, 1.82) is 0 Å². The molecule has 108 valence electrons. The fraction of sp³-hybridized carbons (Fsp3) is 0.357. The van der Waals surface area contributed by atoms with Crippen LogP contribution < -0.4 is 4.90 Å². The van der Waals surface area contributed by atoms with E-state index in [0.29, 0.717) is 18.7 Å². The number of fused-ring (bicyclic) bond motifs is 1. The van der Waals surface area contributed by atoms with E-state index < -0.39 is 5.97 Å². The van der Waals surface area contributed by atoms with Gasteiger partial charge in [0.25, 0.3) is 0 Å². The summed E-state index contributed by atoms with van der Waals surface area (Å²) in [5.74, 6) is -0.374. The average Bonchev–Trinajstić information content (AvgIpc) is 2.89. The molecule has 0 atom stereocenters. The summed E-state index contributed by atoms with van der Waals surface area (Å²) in [5, 5.41) is 18.9. The second-order valence-corrected chi connectivity index (χ2v) is 4.26. The molecule has 2 aromatic rings. The molecule has 2 rings (SSSR count). The first-order valence-electron chi connectivity index (χ1n) is 6.28. The van der Waals surface area contributed by atoms with Crippen molar-refractivity contribution >= 4 is 22.6 Å². The molecule has 0 radical (unpaired) electrons. The Kier molecular flexibility index (Phi) is 4.60. The summed E-state index contributed by atoms with van der Waals surface area (Å²) in [6.45, 7) is 0.842. The van der Waals surface area contributed by atoms with Gasteiger partial charge in [0, 0.05) is 24.2 Å². The Balaban J connectivity index is 2.34. The summed E-state index contributed by atoms with van der Waals surface area (Å²) in [7, 11) is 1.30. The highest BCUT2D eigenvalue weighted by Gasteiger charge is 2.14. The monoisotopic (exact) mass is 279 g/mol. The number of methoxy groups -OCH3 is 1. The van der Waals surface area contributed by atoms with Crippen molar-refractivity contribution < 1.29 is 24.2 Å². The Labute approximate surface area is 116 Å². The molecule has 6 heteroatoms. The lowest BCUT2D eigenvalue weighted by Crippen LogP contribution is -2.29. The molecular weight excluding hydrogens is 262 g/mol. The molecule has 1 aromatic heterocycles. The molecule has 0 aliphatic heterocycles. The number of hydrogen-bond acceptors (Lipinski definition) is 6. The molecule has 0 aliphatic carbocycles. The molecule has 1 heterocycles. The van der Waals surface area contributed by atoms with Crippen LogP contribution >= 0.6 is 0 Å². The van der Waals surface area contributed by atoms with Crippen LogP contribution in [0.15, 0.2) is 28.7 Å². The van der Waals surface area contributed by atoms with Crippen molar-refractivity contribution in [3.63, 3.8) is 0 Å². The Morgan fingerprint density at radius 2 is 1.95 bits per heavy atom. The van der Waals surface area contributed by atoms with Crippen LogP contribution in [0.4, 0.5) is 5.69 Å². The highest BCUT2D eigenvalue weighted by molar-refractivity contribution is 5.93. The van der Waals surface area contributed by atoms with Gasteiger partial charge in [-0.25, -0.2) is 4.79 Å². The molecule has 0 fully saturated rings. The second kappa shape index (κ2) is 6.40. The first kappa shape index (κ1) is 14.4. The largest absolute Gasteiger partial charge is 0.463 e. The van der Waals surface area contributed by atoms with Crippen molar-refractivity contribution in [3.05, 3.63) is 30.0 Å². The van der Waals surface area contributed by atoms with E-state index in [4.69, 9.17) is 14.6 Å². The van der Waals surface area contributed by atoms with Gasteiger partial charge in [0.1, 0.15) is 5.58 Å². The van der Waals surface area contributed by atoms with E-state index in [9.17, 15) is 4.79 Å². The number of aliphatic hydroxyl groups excluding tert-OH is 2. The fourth-order valence-corrected chi connectivity index (χ4v) is 2.04. The number of nitrogens with zero attached hydrogens (tertiary/aromatic N) is 1. The smallest absolute Gasteiger partial charge is 0.373 e. The van der Waals surface area contributed by atoms with E-state index in [1.807, 2.05) is 17.0 Å². The van der Waals surface area contributed by atoms with Crippen LogP contribution in [0.25, 0.3) is 11.0 Å². The van der Waals surface area contributed by atoms with Crippen LogP contribution in [0.2, 0.25) is 0 Å². The van der Waals surface area contributed by atoms with E-state index in [0.717, 1.165) is 11.1 Å². The summed E-state index contributed by atoms with van der Waals surface area (Å²) >= 11 is 0. The van der Waals surface area contributed by atoms with Crippen LogP contribution in [0.5, 0.6) is 0 Å². The molecule has 0 spiro atoms. The van der Waals surface area contributed by atoms with Gasteiger partial charge in [-0.05, 0) is 24.3 Å². The van der Waals surface area contributed by atoms with Crippen molar-refractivity contribution in [2.24, 2.45) is 0 Å². The molecule has 0 amide bonds. The van der Waals surface area contributed by atoms with Gasteiger partial charge in [-0.15, -0.1) is 0 Å². The lowest BCUT2D eigenvalue weighted by atomic mass is 10.2. The quantitative estimate of drug-likeness (QED) is 0.768. The number of rotatable bonds is 6. The van der Waals surface area contributed by atoms with Gasteiger partial charge in [-0.1, -0.05) is 0 Å². The van der Waals surface area contributed by atoms with E-state index in [2.05, 4.69) is 4.74 Å². The first-order valence-corrected chi connectivity index (χ1v) is 6.28. The third-order valence-corrected chi connectivity index (χ3v) is 2.99. The van der Waals surface area contributed by atoms with E-state index in [-0.39, 0.29) is 19.0 Å². The minimum Gasteiger partial charge on any atom is -0.463 e. The number of anilines is 1. The van der Waals surface area contributed by atoms with Crippen LogP contribution in [0.3, 0.4) is 0 Å². The van der Waals surface area contributed by atoms with Crippen molar-refractivity contribution in [1.82, 2.24) is 0 Å². The molecule has 0 unspecified atom stereocenters. The molecular formula is C14H17NO5. The van der Waals surface area contributed by atoms with Crippen molar-refractivity contribution in [2.75, 3.05) is 38.3 Å². The van der Waals surface area contributed by atoms with Crippen molar-refractivity contribution in [2.45, 2.75) is 0 Å². The molecule has 1 aromatic carbocycles. The summed E-state index contributed by atoms with van der Waals surface area (Å²) in [6, 6.07) is 7.02.